The summed E-state index contributed by atoms with van der Waals surface area (Å²) >= 11 is 0. The molecule has 124 valence electrons. The highest BCUT2D eigenvalue weighted by molar-refractivity contribution is 7.89. The van der Waals surface area contributed by atoms with Crippen LogP contribution in [0.2, 0.25) is 0 Å². The van der Waals surface area contributed by atoms with Gasteiger partial charge in [-0.15, -0.1) is 0 Å². The molecule has 0 amide bonds. The van der Waals surface area contributed by atoms with Gasteiger partial charge in [0.05, 0.1) is 11.9 Å². The maximum atomic E-state index is 12.5. The molecule has 2 fully saturated rings. The molecule has 21 heavy (non-hydrogen) atoms. The van der Waals surface area contributed by atoms with Gasteiger partial charge in [-0.2, -0.15) is 0 Å². The van der Waals surface area contributed by atoms with Crippen molar-refractivity contribution in [3.05, 3.63) is 0 Å². The van der Waals surface area contributed by atoms with Gasteiger partial charge >= 0.3 is 0 Å². The molecule has 2 saturated heterocycles. The molecule has 2 rings (SSSR count). The predicted molar refractivity (Wildman–Crippen MR) is 84.9 cm³/mol. The summed E-state index contributed by atoms with van der Waals surface area (Å²) in [5.41, 5.74) is 0. The van der Waals surface area contributed by atoms with Gasteiger partial charge in [-0.3, -0.25) is 0 Å². The first-order chi connectivity index (χ1) is 9.90. The lowest BCUT2D eigenvalue weighted by Crippen LogP contribution is -2.47. The summed E-state index contributed by atoms with van der Waals surface area (Å²) < 4.78 is 32.1. The summed E-state index contributed by atoms with van der Waals surface area (Å²) in [6, 6.07) is 0.710. The van der Waals surface area contributed by atoms with E-state index < -0.39 is 10.0 Å². The normalized spacial score (nSPS) is 26.0. The highest BCUT2D eigenvalue weighted by Gasteiger charge is 2.31. The molecule has 0 aromatic heterocycles. The Hall–Kier alpha value is -0.170. The lowest BCUT2D eigenvalue weighted by Gasteiger charge is -2.38. The Morgan fingerprint density at radius 3 is 2.43 bits per heavy atom. The second-order valence-electron chi connectivity index (χ2n) is 6.62. The van der Waals surface area contributed by atoms with Crippen LogP contribution in [0.15, 0.2) is 0 Å². The number of rotatable bonds is 6. The van der Waals surface area contributed by atoms with Crippen LogP contribution in [0, 0.1) is 0 Å². The van der Waals surface area contributed by atoms with Crippen LogP contribution in [0.25, 0.3) is 0 Å². The number of hydrogen-bond acceptors (Lipinski definition) is 4. The van der Waals surface area contributed by atoms with Gasteiger partial charge in [0, 0.05) is 25.7 Å². The number of nitrogens with zero attached hydrogens (tertiary/aromatic N) is 2. The molecule has 0 bridgehead atoms. The molecule has 2 heterocycles. The quantitative estimate of drug-likeness (QED) is 0.748. The molecule has 0 aliphatic carbocycles. The van der Waals surface area contributed by atoms with Crippen molar-refractivity contribution in [1.82, 2.24) is 9.21 Å². The van der Waals surface area contributed by atoms with Crippen molar-refractivity contribution < 1.29 is 13.2 Å². The van der Waals surface area contributed by atoms with Crippen LogP contribution in [0.1, 0.15) is 46.0 Å². The summed E-state index contributed by atoms with van der Waals surface area (Å²) in [6.07, 6.45) is 4.73. The molecule has 2 aliphatic rings. The van der Waals surface area contributed by atoms with Gasteiger partial charge in [0.25, 0.3) is 0 Å². The smallest absolute Gasteiger partial charge is 0.214 e. The van der Waals surface area contributed by atoms with E-state index >= 15 is 0 Å². The van der Waals surface area contributed by atoms with Crippen molar-refractivity contribution in [2.45, 2.75) is 64.1 Å². The maximum Gasteiger partial charge on any atom is 0.214 e. The molecule has 0 aromatic carbocycles. The number of sulfonamides is 1. The molecule has 0 N–H and O–H groups in total. The SMILES string of the molecule is CC(C)N1CCC(N(C)S(=O)(=O)CC[C@@H]2CCCO2)CC1. The zero-order chi connectivity index (χ0) is 15.5. The topological polar surface area (TPSA) is 49.9 Å². The van der Waals surface area contributed by atoms with E-state index in [0.717, 1.165) is 45.4 Å². The molecule has 0 spiro atoms. The maximum absolute atomic E-state index is 12.5. The second kappa shape index (κ2) is 7.40. The third kappa shape index (κ3) is 4.65. The zero-order valence-corrected chi connectivity index (χ0v) is 14.4. The molecular weight excluding hydrogens is 288 g/mol. The Morgan fingerprint density at radius 1 is 1.24 bits per heavy atom. The van der Waals surface area contributed by atoms with Gasteiger partial charge in [0.1, 0.15) is 0 Å². The van der Waals surface area contributed by atoms with Crippen LogP contribution >= 0.6 is 0 Å². The molecule has 0 aromatic rings. The third-order valence-electron chi connectivity index (χ3n) is 4.90. The van der Waals surface area contributed by atoms with Crippen LogP contribution in [0.4, 0.5) is 0 Å². The summed E-state index contributed by atoms with van der Waals surface area (Å²) in [6.45, 7) is 7.17. The Labute approximate surface area is 129 Å². The first-order valence-corrected chi connectivity index (χ1v) is 9.82. The number of hydrogen-bond donors (Lipinski definition) is 0. The number of likely N-dealkylation sites (tertiary alicyclic amines) is 1. The summed E-state index contributed by atoms with van der Waals surface area (Å²) in [4.78, 5) is 2.42. The van der Waals surface area contributed by atoms with Crippen molar-refractivity contribution in [3.8, 4) is 0 Å². The third-order valence-corrected chi connectivity index (χ3v) is 6.83. The highest BCUT2D eigenvalue weighted by Crippen LogP contribution is 2.22. The van der Waals surface area contributed by atoms with E-state index in [0.29, 0.717) is 12.5 Å². The Bertz CT molecular complexity index is 411. The summed E-state index contributed by atoms with van der Waals surface area (Å²) in [7, 11) is -1.40. The first kappa shape index (κ1) is 17.2. The molecule has 0 unspecified atom stereocenters. The molecule has 0 saturated carbocycles. The van der Waals surface area contributed by atoms with E-state index in [-0.39, 0.29) is 17.9 Å². The minimum Gasteiger partial charge on any atom is -0.378 e. The van der Waals surface area contributed by atoms with E-state index in [1.165, 1.54) is 0 Å². The lowest BCUT2D eigenvalue weighted by molar-refractivity contribution is 0.108. The van der Waals surface area contributed by atoms with Crippen LogP contribution in [0.5, 0.6) is 0 Å². The van der Waals surface area contributed by atoms with Crippen molar-refractivity contribution in [1.29, 1.82) is 0 Å². The number of piperidine rings is 1. The Balaban J connectivity index is 1.82. The second-order valence-corrected chi connectivity index (χ2v) is 8.76. The van der Waals surface area contributed by atoms with Gasteiger partial charge in [-0.25, -0.2) is 12.7 Å². The fourth-order valence-corrected chi connectivity index (χ4v) is 4.80. The fraction of sp³-hybridized carbons (Fsp3) is 1.00. The Kier molecular flexibility index (Phi) is 6.05. The van der Waals surface area contributed by atoms with E-state index in [2.05, 4.69) is 18.7 Å². The van der Waals surface area contributed by atoms with Gasteiger partial charge in [0.15, 0.2) is 0 Å². The largest absolute Gasteiger partial charge is 0.378 e. The summed E-state index contributed by atoms with van der Waals surface area (Å²) in [5, 5.41) is 0. The first-order valence-electron chi connectivity index (χ1n) is 8.21. The monoisotopic (exact) mass is 318 g/mol. The van der Waals surface area contributed by atoms with Gasteiger partial charge < -0.3 is 9.64 Å². The molecule has 2 aliphatic heterocycles. The molecular formula is C15H30N2O3S. The standard InChI is InChI=1S/C15H30N2O3S/c1-13(2)17-9-6-14(7-10-17)16(3)21(18,19)12-8-15-5-4-11-20-15/h13-15H,4-12H2,1-3H3/t15-/m0/s1. The molecule has 5 nitrogen and oxygen atoms in total. The van der Waals surface area contributed by atoms with E-state index in [1.807, 2.05) is 0 Å². The molecule has 6 heteroatoms. The van der Waals surface area contributed by atoms with Crippen molar-refractivity contribution >= 4 is 10.0 Å². The van der Waals surface area contributed by atoms with Gasteiger partial charge in [-0.1, -0.05) is 0 Å². The van der Waals surface area contributed by atoms with E-state index in [4.69, 9.17) is 4.74 Å². The summed E-state index contributed by atoms with van der Waals surface area (Å²) in [5.74, 6) is 0.221. The van der Waals surface area contributed by atoms with Crippen LogP contribution in [0.3, 0.4) is 0 Å². The van der Waals surface area contributed by atoms with Gasteiger partial charge in [-0.05, 0) is 59.0 Å². The van der Waals surface area contributed by atoms with Crippen molar-refractivity contribution in [2.75, 3.05) is 32.5 Å². The van der Waals surface area contributed by atoms with Crippen molar-refractivity contribution in [3.63, 3.8) is 0 Å². The lowest BCUT2D eigenvalue weighted by atomic mass is 10.0. The number of ether oxygens (including phenoxy) is 1. The minimum atomic E-state index is -3.15. The Morgan fingerprint density at radius 2 is 1.90 bits per heavy atom. The molecule has 1 atom stereocenters. The molecule has 0 radical (unpaired) electrons. The van der Waals surface area contributed by atoms with E-state index in [1.54, 1.807) is 11.4 Å². The average Bonchev–Trinajstić information content (AvgIpc) is 2.98. The zero-order valence-electron chi connectivity index (χ0n) is 13.6. The minimum absolute atomic E-state index is 0.149. The predicted octanol–water partition coefficient (Wildman–Crippen LogP) is 1.69. The fourth-order valence-electron chi connectivity index (χ4n) is 3.29. The van der Waals surface area contributed by atoms with Crippen LogP contribution < -0.4 is 0 Å². The van der Waals surface area contributed by atoms with Gasteiger partial charge in [0.2, 0.25) is 10.0 Å². The average molecular weight is 318 g/mol. The van der Waals surface area contributed by atoms with E-state index in [9.17, 15) is 8.42 Å². The van der Waals surface area contributed by atoms with Crippen LogP contribution in [-0.4, -0.2) is 68.3 Å². The van der Waals surface area contributed by atoms with Crippen molar-refractivity contribution in [2.24, 2.45) is 0 Å². The van der Waals surface area contributed by atoms with Crippen LogP contribution in [-0.2, 0) is 14.8 Å². The highest BCUT2D eigenvalue weighted by atomic mass is 32.2.